The van der Waals surface area contributed by atoms with Crippen molar-refractivity contribution in [3.63, 3.8) is 0 Å². The van der Waals surface area contributed by atoms with Crippen molar-refractivity contribution < 1.29 is 50.7 Å². The third kappa shape index (κ3) is 14.3. The molecule has 43 heavy (non-hydrogen) atoms. The molecule has 0 aliphatic carbocycles. The summed E-state index contributed by atoms with van der Waals surface area (Å²) in [6.45, 7) is 9.77. The summed E-state index contributed by atoms with van der Waals surface area (Å²) in [6, 6.07) is 14.4. The van der Waals surface area contributed by atoms with Gasteiger partial charge in [-0.15, -0.1) is 20.4 Å². The second kappa shape index (κ2) is 18.6. The van der Waals surface area contributed by atoms with Crippen molar-refractivity contribution >= 4 is 20.2 Å². The minimum Gasteiger partial charge on any atom is -0.744 e. The van der Waals surface area contributed by atoms with Gasteiger partial charge in [-0.1, -0.05) is 36.4 Å². The van der Waals surface area contributed by atoms with Gasteiger partial charge < -0.3 is 33.9 Å². The maximum Gasteiger partial charge on any atom is 0.179 e. The Kier molecular flexibility index (Phi) is 15.7. The SMILES string of the molecule is C1C[NH+](CCc2nnc(CC[NH+]3CCOCC3)nn2)CCO1.O.O=S(=O)([O-])c1ccccc1.O=S(=O)([O-])c1ccccc1. The fraction of sp³-hybridized carbons (Fsp3) is 0.462. The Balaban J connectivity index is 0.000000257. The number of benzene rings is 2. The van der Waals surface area contributed by atoms with Crippen LogP contribution in [0.3, 0.4) is 0 Å². The number of quaternary nitrogens is 2. The van der Waals surface area contributed by atoms with Crippen LogP contribution in [0, 0.1) is 0 Å². The molecule has 238 valence electrons. The van der Waals surface area contributed by atoms with E-state index in [2.05, 4.69) is 20.4 Å². The Morgan fingerprint density at radius 3 is 1.14 bits per heavy atom. The van der Waals surface area contributed by atoms with Crippen molar-refractivity contribution in [2.24, 2.45) is 0 Å². The van der Waals surface area contributed by atoms with Gasteiger partial charge >= 0.3 is 0 Å². The van der Waals surface area contributed by atoms with Crippen molar-refractivity contribution in [2.75, 3.05) is 65.7 Å². The quantitative estimate of drug-likeness (QED) is 0.229. The van der Waals surface area contributed by atoms with E-state index in [0.717, 1.165) is 90.2 Å². The van der Waals surface area contributed by atoms with Crippen LogP contribution in [-0.2, 0) is 42.6 Å². The largest absolute Gasteiger partial charge is 0.744 e. The molecule has 2 saturated heterocycles. The van der Waals surface area contributed by atoms with E-state index < -0.39 is 20.2 Å². The van der Waals surface area contributed by atoms with Crippen molar-refractivity contribution in [1.29, 1.82) is 0 Å². The Morgan fingerprint density at radius 1 is 0.581 bits per heavy atom. The fourth-order valence-corrected chi connectivity index (χ4v) is 5.02. The fourth-order valence-electron chi connectivity index (χ4n) is 4.04. The molecule has 0 radical (unpaired) electrons. The van der Waals surface area contributed by atoms with E-state index in [-0.39, 0.29) is 15.3 Å². The molecule has 0 atom stereocenters. The minimum absolute atomic E-state index is 0. The summed E-state index contributed by atoms with van der Waals surface area (Å²) in [7, 11) is -8.51. The molecule has 17 heteroatoms. The van der Waals surface area contributed by atoms with E-state index in [1.807, 2.05) is 0 Å². The first-order valence-electron chi connectivity index (χ1n) is 13.5. The zero-order valence-corrected chi connectivity index (χ0v) is 25.3. The first-order valence-corrected chi connectivity index (χ1v) is 16.3. The van der Waals surface area contributed by atoms with E-state index in [1.54, 1.807) is 21.9 Å². The third-order valence-corrected chi connectivity index (χ3v) is 8.13. The van der Waals surface area contributed by atoms with Gasteiger partial charge in [-0.05, 0) is 24.3 Å². The molecule has 15 nitrogen and oxygen atoms in total. The summed E-state index contributed by atoms with van der Waals surface area (Å²) in [6.07, 6.45) is 1.68. The molecule has 2 aliphatic rings. The summed E-state index contributed by atoms with van der Waals surface area (Å²) in [5, 5.41) is 16.9. The van der Waals surface area contributed by atoms with Crippen LogP contribution in [0.15, 0.2) is 70.5 Å². The van der Waals surface area contributed by atoms with Gasteiger partial charge in [-0.3, -0.25) is 0 Å². The third-order valence-electron chi connectivity index (χ3n) is 6.43. The van der Waals surface area contributed by atoms with Crippen molar-refractivity contribution in [1.82, 2.24) is 20.4 Å². The van der Waals surface area contributed by atoms with Gasteiger partial charge in [-0.2, -0.15) is 0 Å². The lowest BCUT2D eigenvalue weighted by molar-refractivity contribution is -0.908. The van der Waals surface area contributed by atoms with Crippen molar-refractivity contribution in [3.05, 3.63) is 72.3 Å². The average Bonchev–Trinajstić information content (AvgIpc) is 3.01. The molecule has 3 heterocycles. The molecule has 2 fully saturated rings. The van der Waals surface area contributed by atoms with Gasteiger partial charge in [0.2, 0.25) is 0 Å². The molecule has 0 unspecified atom stereocenters. The summed E-state index contributed by atoms with van der Waals surface area (Å²) in [4.78, 5) is 2.73. The Bertz CT molecular complexity index is 1280. The molecular weight excluding hydrogens is 604 g/mol. The lowest BCUT2D eigenvalue weighted by Crippen LogP contribution is -3.14. The Hall–Kier alpha value is -3.00. The zero-order valence-electron chi connectivity index (χ0n) is 23.6. The lowest BCUT2D eigenvalue weighted by Gasteiger charge is -2.23. The standard InChI is InChI=1S/C14H24N6O2.2C6H6O3S.H2O/c1(3-19-5-9-21-10-6-19)13-15-17-14(18-16-13)2-4-20-7-11-22-12-8-20;2*7-10(8,9)6-4-2-1-3-5-6;/h1-12H2;2*1-5H,(H,7,8,9);1H2. The molecule has 4 N–H and O–H groups in total. The molecule has 0 spiro atoms. The molecule has 3 aromatic rings. The highest BCUT2D eigenvalue weighted by Crippen LogP contribution is 2.05. The molecule has 0 bridgehead atoms. The number of rotatable bonds is 8. The van der Waals surface area contributed by atoms with Gasteiger partial charge in [-0.25, -0.2) is 16.8 Å². The van der Waals surface area contributed by atoms with Crippen molar-refractivity contribution in [2.45, 2.75) is 22.6 Å². The number of morpholine rings is 2. The normalized spacial score (nSPS) is 16.0. The van der Waals surface area contributed by atoms with Gasteiger partial charge in [0.25, 0.3) is 0 Å². The lowest BCUT2D eigenvalue weighted by atomic mass is 10.3. The number of nitrogens with one attached hydrogen (secondary N) is 2. The zero-order chi connectivity index (χ0) is 30.3. The minimum atomic E-state index is -4.25. The van der Waals surface area contributed by atoms with Crippen LogP contribution in [0.5, 0.6) is 0 Å². The van der Waals surface area contributed by atoms with Crippen molar-refractivity contribution in [3.8, 4) is 0 Å². The van der Waals surface area contributed by atoms with Crippen LogP contribution < -0.4 is 9.80 Å². The summed E-state index contributed by atoms with van der Waals surface area (Å²) in [5.41, 5.74) is 0. The predicted molar refractivity (Wildman–Crippen MR) is 150 cm³/mol. The van der Waals surface area contributed by atoms with Gasteiger partial charge in [0, 0.05) is 0 Å². The maximum absolute atomic E-state index is 10.3. The molecule has 1 aromatic heterocycles. The monoisotopic (exact) mass is 642 g/mol. The molecular formula is C26H38N6O9S2. The van der Waals surface area contributed by atoms with Crippen LogP contribution in [0.2, 0.25) is 0 Å². The number of hydrogen-bond donors (Lipinski definition) is 2. The van der Waals surface area contributed by atoms with Crippen LogP contribution in [0.4, 0.5) is 0 Å². The van der Waals surface area contributed by atoms with Gasteiger partial charge in [0.15, 0.2) is 11.6 Å². The highest BCUT2D eigenvalue weighted by Gasteiger charge is 2.16. The smallest absolute Gasteiger partial charge is 0.179 e. The predicted octanol–water partition coefficient (Wildman–Crippen LogP) is -3.46. The van der Waals surface area contributed by atoms with Crippen LogP contribution in [-0.4, -0.2) is 118 Å². The first-order chi connectivity index (χ1) is 20.1. The summed E-state index contributed by atoms with van der Waals surface area (Å²) >= 11 is 0. The van der Waals surface area contributed by atoms with E-state index in [1.165, 1.54) is 48.5 Å². The van der Waals surface area contributed by atoms with E-state index in [9.17, 15) is 25.9 Å². The van der Waals surface area contributed by atoms with E-state index in [4.69, 9.17) is 9.47 Å². The number of hydrogen-bond acceptors (Lipinski definition) is 12. The topological polar surface area (TPSA) is 225 Å². The Morgan fingerprint density at radius 2 is 0.884 bits per heavy atom. The highest BCUT2D eigenvalue weighted by atomic mass is 32.2. The van der Waals surface area contributed by atoms with Gasteiger partial charge in [0.05, 0.1) is 62.1 Å². The van der Waals surface area contributed by atoms with E-state index >= 15 is 0 Å². The first kappa shape index (κ1) is 36.2. The average molecular weight is 643 g/mol. The van der Waals surface area contributed by atoms with Crippen LogP contribution in [0.1, 0.15) is 11.6 Å². The molecule has 0 saturated carbocycles. The number of aromatic nitrogens is 4. The maximum atomic E-state index is 10.3. The summed E-state index contributed by atoms with van der Waals surface area (Å²) < 4.78 is 72.4. The molecule has 2 aliphatic heterocycles. The molecule has 2 aromatic carbocycles. The second-order valence-corrected chi connectivity index (χ2v) is 12.3. The Labute approximate surface area is 251 Å². The highest BCUT2D eigenvalue weighted by molar-refractivity contribution is 7.86. The summed E-state index contributed by atoms with van der Waals surface area (Å²) in [5.74, 6) is 1.50. The molecule has 0 amide bonds. The van der Waals surface area contributed by atoms with Crippen LogP contribution >= 0.6 is 0 Å². The molecule has 5 rings (SSSR count). The van der Waals surface area contributed by atoms with E-state index in [0.29, 0.717) is 0 Å². The number of nitrogens with zero attached hydrogens (tertiary/aromatic N) is 4. The van der Waals surface area contributed by atoms with Crippen LogP contribution in [0.25, 0.3) is 0 Å². The van der Waals surface area contributed by atoms with Gasteiger partial charge in [0.1, 0.15) is 46.4 Å². The second-order valence-electron chi connectivity index (χ2n) is 9.49. The number of ether oxygens (including phenoxy) is 2.